The predicted molar refractivity (Wildman–Crippen MR) is 47.1 cm³/mol. The zero-order valence-corrected chi connectivity index (χ0v) is 7.19. The van der Waals surface area contributed by atoms with Gasteiger partial charge in [-0.2, -0.15) is 0 Å². The van der Waals surface area contributed by atoms with Crippen LogP contribution >= 0.6 is 11.8 Å². The van der Waals surface area contributed by atoms with Crippen molar-refractivity contribution in [1.82, 2.24) is 5.32 Å². The Hall–Kier alpha value is -0.220. The van der Waals surface area contributed by atoms with Crippen molar-refractivity contribution >= 4 is 17.0 Å². The SMILES string of the molecule is C1COC(SC2CCNC2)=N1. The van der Waals surface area contributed by atoms with E-state index in [4.69, 9.17) is 4.74 Å². The van der Waals surface area contributed by atoms with E-state index in [9.17, 15) is 0 Å². The predicted octanol–water partition coefficient (Wildman–Crippen LogP) is 0.468. The number of nitrogens with one attached hydrogen (secondary N) is 1. The maximum atomic E-state index is 5.30. The molecule has 0 amide bonds. The summed E-state index contributed by atoms with van der Waals surface area (Å²) in [6.07, 6.45) is 1.24. The molecule has 62 valence electrons. The first-order valence-electron chi connectivity index (χ1n) is 4.00. The van der Waals surface area contributed by atoms with E-state index in [2.05, 4.69) is 10.3 Å². The van der Waals surface area contributed by atoms with E-state index in [1.165, 1.54) is 6.42 Å². The topological polar surface area (TPSA) is 33.6 Å². The zero-order valence-electron chi connectivity index (χ0n) is 6.38. The van der Waals surface area contributed by atoms with Gasteiger partial charge >= 0.3 is 0 Å². The molecule has 1 atom stereocenters. The third kappa shape index (κ3) is 1.87. The molecule has 0 spiro atoms. The lowest BCUT2D eigenvalue weighted by Crippen LogP contribution is -2.12. The molecule has 3 nitrogen and oxygen atoms in total. The highest BCUT2D eigenvalue weighted by Gasteiger charge is 2.19. The third-order valence-corrected chi connectivity index (χ3v) is 3.02. The smallest absolute Gasteiger partial charge is 0.246 e. The fourth-order valence-electron chi connectivity index (χ4n) is 1.26. The number of aliphatic imine (C=N–C) groups is 1. The van der Waals surface area contributed by atoms with Gasteiger partial charge in [0.25, 0.3) is 0 Å². The monoisotopic (exact) mass is 172 g/mol. The van der Waals surface area contributed by atoms with Crippen molar-refractivity contribution in [1.29, 1.82) is 0 Å². The zero-order chi connectivity index (χ0) is 7.52. The highest BCUT2D eigenvalue weighted by atomic mass is 32.2. The number of thioether (sulfide) groups is 1. The van der Waals surface area contributed by atoms with Crippen LogP contribution in [0.5, 0.6) is 0 Å². The van der Waals surface area contributed by atoms with Crippen molar-refractivity contribution in [2.24, 2.45) is 4.99 Å². The van der Waals surface area contributed by atoms with Crippen LogP contribution in [0.4, 0.5) is 0 Å². The van der Waals surface area contributed by atoms with Gasteiger partial charge in [0, 0.05) is 11.8 Å². The molecule has 0 bridgehead atoms. The van der Waals surface area contributed by atoms with Gasteiger partial charge in [0.15, 0.2) is 0 Å². The van der Waals surface area contributed by atoms with E-state index in [0.717, 1.165) is 31.5 Å². The van der Waals surface area contributed by atoms with Crippen molar-refractivity contribution in [3.63, 3.8) is 0 Å². The molecule has 4 heteroatoms. The molecular formula is C7H12N2OS. The molecule has 2 heterocycles. The lowest BCUT2D eigenvalue weighted by atomic mass is 10.4. The van der Waals surface area contributed by atoms with E-state index in [1.54, 1.807) is 11.8 Å². The standard InChI is InChI=1S/C7H12N2OS/c1-2-8-5-6(1)11-7-9-3-4-10-7/h6,8H,1-5H2. The van der Waals surface area contributed by atoms with Gasteiger partial charge in [-0.3, -0.25) is 0 Å². The molecule has 0 aliphatic carbocycles. The molecule has 0 aromatic carbocycles. The van der Waals surface area contributed by atoms with Crippen molar-refractivity contribution in [2.75, 3.05) is 26.2 Å². The molecule has 0 radical (unpaired) electrons. The Bertz CT molecular complexity index is 166. The second-order valence-electron chi connectivity index (χ2n) is 2.73. The minimum Gasteiger partial charge on any atom is -0.471 e. The lowest BCUT2D eigenvalue weighted by Gasteiger charge is -2.05. The summed E-state index contributed by atoms with van der Waals surface area (Å²) in [5.74, 6) is 0. The number of rotatable bonds is 1. The Morgan fingerprint density at radius 2 is 2.64 bits per heavy atom. The summed E-state index contributed by atoms with van der Waals surface area (Å²) >= 11 is 1.78. The van der Waals surface area contributed by atoms with Crippen molar-refractivity contribution < 1.29 is 4.74 Å². The largest absolute Gasteiger partial charge is 0.471 e. The molecule has 1 fully saturated rings. The van der Waals surface area contributed by atoms with Gasteiger partial charge in [-0.15, -0.1) is 0 Å². The molecular weight excluding hydrogens is 160 g/mol. The summed E-state index contributed by atoms with van der Waals surface area (Å²) in [6, 6.07) is 0. The first-order valence-corrected chi connectivity index (χ1v) is 4.88. The van der Waals surface area contributed by atoms with E-state index in [-0.39, 0.29) is 0 Å². The first kappa shape index (κ1) is 7.43. The van der Waals surface area contributed by atoms with Gasteiger partial charge in [0.05, 0.1) is 6.54 Å². The Kier molecular flexibility index (Phi) is 2.33. The molecule has 0 saturated carbocycles. The van der Waals surface area contributed by atoms with Crippen LogP contribution in [0.1, 0.15) is 6.42 Å². The molecule has 1 N–H and O–H groups in total. The Balaban J connectivity index is 1.79. The van der Waals surface area contributed by atoms with Gasteiger partial charge in [0.2, 0.25) is 5.23 Å². The van der Waals surface area contributed by atoms with Crippen LogP contribution in [0.3, 0.4) is 0 Å². The minimum absolute atomic E-state index is 0.687. The second-order valence-corrected chi connectivity index (χ2v) is 3.98. The van der Waals surface area contributed by atoms with Crippen LogP contribution in [0, 0.1) is 0 Å². The van der Waals surface area contributed by atoms with Gasteiger partial charge in [-0.1, -0.05) is 11.8 Å². The van der Waals surface area contributed by atoms with Crippen LogP contribution in [-0.4, -0.2) is 36.7 Å². The Morgan fingerprint density at radius 1 is 1.64 bits per heavy atom. The van der Waals surface area contributed by atoms with Crippen LogP contribution in [0.2, 0.25) is 0 Å². The molecule has 11 heavy (non-hydrogen) atoms. The lowest BCUT2D eigenvalue weighted by molar-refractivity contribution is 0.356. The summed E-state index contributed by atoms with van der Waals surface area (Å²) in [4.78, 5) is 4.23. The van der Waals surface area contributed by atoms with E-state index >= 15 is 0 Å². The molecule has 0 aromatic rings. The third-order valence-electron chi connectivity index (χ3n) is 1.84. The fraction of sp³-hybridized carbons (Fsp3) is 0.857. The molecule has 0 aromatic heterocycles. The van der Waals surface area contributed by atoms with Crippen molar-refractivity contribution in [3.8, 4) is 0 Å². The van der Waals surface area contributed by atoms with E-state index in [1.807, 2.05) is 0 Å². The molecule has 1 unspecified atom stereocenters. The average Bonchev–Trinajstić information content (AvgIpc) is 2.60. The van der Waals surface area contributed by atoms with Gasteiger partial charge in [-0.05, 0) is 13.0 Å². The summed E-state index contributed by atoms with van der Waals surface area (Å²) < 4.78 is 5.30. The summed E-state index contributed by atoms with van der Waals surface area (Å²) in [5.41, 5.74) is 0. The van der Waals surface area contributed by atoms with Crippen molar-refractivity contribution in [3.05, 3.63) is 0 Å². The van der Waals surface area contributed by atoms with Crippen LogP contribution in [-0.2, 0) is 4.74 Å². The highest BCUT2D eigenvalue weighted by Crippen LogP contribution is 2.21. The van der Waals surface area contributed by atoms with Crippen LogP contribution in [0.15, 0.2) is 4.99 Å². The number of nitrogens with zero attached hydrogens (tertiary/aromatic N) is 1. The molecule has 2 aliphatic heterocycles. The van der Waals surface area contributed by atoms with E-state index < -0.39 is 0 Å². The maximum Gasteiger partial charge on any atom is 0.246 e. The number of hydrogen-bond donors (Lipinski definition) is 1. The first-order chi connectivity index (χ1) is 5.45. The van der Waals surface area contributed by atoms with Gasteiger partial charge in [0.1, 0.15) is 6.61 Å². The van der Waals surface area contributed by atoms with Gasteiger partial charge in [-0.25, -0.2) is 4.99 Å². The normalized spacial score (nSPS) is 30.2. The summed E-state index contributed by atoms with van der Waals surface area (Å²) in [5, 5.41) is 4.90. The number of hydrogen-bond acceptors (Lipinski definition) is 4. The minimum atomic E-state index is 0.687. The molecule has 2 rings (SSSR count). The van der Waals surface area contributed by atoms with Gasteiger partial charge < -0.3 is 10.1 Å². The van der Waals surface area contributed by atoms with Crippen molar-refractivity contribution in [2.45, 2.75) is 11.7 Å². The molecule has 1 saturated heterocycles. The summed E-state index contributed by atoms with van der Waals surface area (Å²) in [6.45, 7) is 3.88. The van der Waals surface area contributed by atoms with Crippen LogP contribution < -0.4 is 5.32 Å². The van der Waals surface area contributed by atoms with Crippen LogP contribution in [0.25, 0.3) is 0 Å². The molecule has 2 aliphatic rings. The summed E-state index contributed by atoms with van der Waals surface area (Å²) in [7, 11) is 0. The highest BCUT2D eigenvalue weighted by molar-refractivity contribution is 8.14. The second kappa shape index (κ2) is 3.45. The number of ether oxygens (including phenoxy) is 1. The Labute approximate surface area is 70.6 Å². The Morgan fingerprint density at radius 3 is 3.27 bits per heavy atom. The quantitative estimate of drug-likeness (QED) is 0.624. The average molecular weight is 172 g/mol. The maximum absolute atomic E-state index is 5.30. The van der Waals surface area contributed by atoms with E-state index in [0.29, 0.717) is 5.25 Å². The fourth-order valence-corrected chi connectivity index (χ4v) is 2.30.